The van der Waals surface area contributed by atoms with Crippen molar-refractivity contribution in [3.05, 3.63) is 65.2 Å². The fourth-order valence-corrected chi connectivity index (χ4v) is 2.54. The van der Waals surface area contributed by atoms with E-state index in [1.54, 1.807) is 12.1 Å². The third-order valence-electron chi connectivity index (χ3n) is 3.68. The molecule has 4 nitrogen and oxygen atoms in total. The molecule has 0 fully saturated rings. The molecule has 0 atom stereocenters. The van der Waals surface area contributed by atoms with E-state index in [2.05, 4.69) is 15.3 Å². The van der Waals surface area contributed by atoms with Crippen molar-refractivity contribution in [3.8, 4) is 0 Å². The van der Waals surface area contributed by atoms with E-state index >= 15 is 0 Å². The molecule has 0 saturated carbocycles. The van der Waals surface area contributed by atoms with Gasteiger partial charge < -0.3 is 10.3 Å². The van der Waals surface area contributed by atoms with E-state index in [1.807, 2.05) is 25.1 Å². The molecule has 2 N–H and O–H groups in total. The van der Waals surface area contributed by atoms with Crippen molar-refractivity contribution < 1.29 is 9.18 Å². The molecule has 0 aliphatic heterocycles. The lowest BCUT2D eigenvalue weighted by Crippen LogP contribution is -2.27. The predicted molar refractivity (Wildman–Crippen MR) is 87.6 cm³/mol. The summed E-state index contributed by atoms with van der Waals surface area (Å²) in [6.07, 6.45) is 1.02. The normalized spacial score (nSPS) is 10.9. The first-order chi connectivity index (χ1) is 11.1. The number of rotatable bonds is 5. The smallest absolute Gasteiger partial charge is 0.224 e. The lowest BCUT2D eigenvalue weighted by molar-refractivity contribution is -0.120. The van der Waals surface area contributed by atoms with Crippen LogP contribution in [0, 0.1) is 12.7 Å². The highest BCUT2D eigenvalue weighted by atomic mass is 19.1. The number of imidazole rings is 1. The topological polar surface area (TPSA) is 57.8 Å². The van der Waals surface area contributed by atoms with Gasteiger partial charge in [-0.05, 0) is 48.7 Å². The Morgan fingerprint density at radius 3 is 2.70 bits per heavy atom. The fraction of sp³-hybridized carbons (Fsp3) is 0.222. The van der Waals surface area contributed by atoms with Crippen molar-refractivity contribution in [2.24, 2.45) is 0 Å². The Morgan fingerprint density at radius 2 is 1.91 bits per heavy atom. The zero-order valence-electron chi connectivity index (χ0n) is 12.9. The average Bonchev–Trinajstić information content (AvgIpc) is 2.88. The number of carbonyl (C=O) groups is 1. The minimum atomic E-state index is -0.248. The number of carbonyl (C=O) groups excluding carboxylic acids is 1. The van der Waals surface area contributed by atoms with Crippen LogP contribution >= 0.6 is 0 Å². The molecule has 23 heavy (non-hydrogen) atoms. The summed E-state index contributed by atoms with van der Waals surface area (Å²) in [6, 6.07) is 12.1. The molecular weight excluding hydrogens is 293 g/mol. The maximum atomic E-state index is 12.8. The van der Waals surface area contributed by atoms with Crippen LogP contribution in [0.2, 0.25) is 0 Å². The van der Waals surface area contributed by atoms with Crippen molar-refractivity contribution in [3.63, 3.8) is 0 Å². The number of aromatic amines is 1. The second-order valence-electron chi connectivity index (χ2n) is 5.58. The first-order valence-electron chi connectivity index (χ1n) is 7.56. The van der Waals surface area contributed by atoms with E-state index in [-0.39, 0.29) is 11.7 Å². The van der Waals surface area contributed by atoms with E-state index in [0.717, 1.165) is 28.0 Å². The van der Waals surface area contributed by atoms with Crippen molar-refractivity contribution >= 4 is 16.9 Å². The molecule has 2 aromatic carbocycles. The van der Waals surface area contributed by atoms with E-state index < -0.39 is 0 Å². The highest BCUT2D eigenvalue weighted by Crippen LogP contribution is 2.14. The maximum Gasteiger partial charge on any atom is 0.224 e. The Hall–Kier alpha value is -2.69. The Labute approximate surface area is 133 Å². The van der Waals surface area contributed by atoms with Crippen LogP contribution in [0.5, 0.6) is 0 Å². The first-order valence-corrected chi connectivity index (χ1v) is 7.56. The Bertz CT molecular complexity index is 824. The van der Waals surface area contributed by atoms with Crippen LogP contribution in [-0.2, 0) is 17.6 Å². The number of hydrogen-bond acceptors (Lipinski definition) is 2. The quantitative estimate of drug-likeness (QED) is 0.761. The van der Waals surface area contributed by atoms with Gasteiger partial charge in [-0.15, -0.1) is 0 Å². The molecule has 1 aromatic heterocycles. The van der Waals surface area contributed by atoms with Gasteiger partial charge in [0.05, 0.1) is 17.5 Å². The van der Waals surface area contributed by atoms with Crippen LogP contribution < -0.4 is 5.32 Å². The number of amides is 1. The molecule has 1 amide bonds. The highest BCUT2D eigenvalue weighted by Gasteiger charge is 2.06. The summed E-state index contributed by atoms with van der Waals surface area (Å²) in [5, 5.41) is 2.89. The average molecular weight is 311 g/mol. The lowest BCUT2D eigenvalue weighted by atomic mass is 10.1. The second-order valence-corrected chi connectivity index (χ2v) is 5.58. The second kappa shape index (κ2) is 6.60. The summed E-state index contributed by atoms with van der Waals surface area (Å²) in [5.41, 5.74) is 3.79. The monoisotopic (exact) mass is 311 g/mol. The van der Waals surface area contributed by atoms with Crippen LogP contribution in [0.15, 0.2) is 42.5 Å². The van der Waals surface area contributed by atoms with Crippen molar-refractivity contribution in [2.75, 3.05) is 6.54 Å². The molecule has 0 aliphatic rings. The highest BCUT2D eigenvalue weighted by molar-refractivity contribution is 5.81. The van der Waals surface area contributed by atoms with Crippen molar-refractivity contribution in [1.82, 2.24) is 15.3 Å². The molecule has 0 saturated heterocycles. The number of aromatic nitrogens is 2. The number of aryl methyl sites for hydroxylation is 1. The molecule has 3 aromatic rings. The van der Waals surface area contributed by atoms with E-state index in [9.17, 15) is 9.18 Å². The summed E-state index contributed by atoms with van der Waals surface area (Å²) < 4.78 is 12.8. The lowest BCUT2D eigenvalue weighted by Gasteiger charge is -2.06. The standard InChI is InChI=1S/C18H18FN3O/c1-12-21-16-7-4-14(10-17(16)22-12)11-18(23)20-9-8-13-2-5-15(19)6-3-13/h2-7,10H,8-9,11H2,1H3,(H,20,23)(H,21,22). The molecule has 1 heterocycles. The first kappa shape index (κ1) is 15.2. The Balaban J connectivity index is 1.52. The zero-order valence-corrected chi connectivity index (χ0v) is 12.9. The number of nitrogens with one attached hydrogen (secondary N) is 2. The van der Waals surface area contributed by atoms with Gasteiger partial charge in [0.2, 0.25) is 5.91 Å². The Morgan fingerprint density at radius 1 is 1.17 bits per heavy atom. The molecule has 0 radical (unpaired) electrons. The molecule has 0 aliphatic carbocycles. The van der Waals surface area contributed by atoms with Crippen LogP contribution in [0.4, 0.5) is 4.39 Å². The van der Waals surface area contributed by atoms with Crippen molar-refractivity contribution in [2.45, 2.75) is 19.8 Å². The van der Waals surface area contributed by atoms with E-state index in [4.69, 9.17) is 0 Å². The minimum Gasteiger partial charge on any atom is -0.355 e. The number of halogens is 1. The number of fused-ring (bicyclic) bond motifs is 1. The number of H-pyrrole nitrogens is 1. The molecular formula is C18H18FN3O. The van der Waals surface area contributed by atoms with Gasteiger partial charge >= 0.3 is 0 Å². The third kappa shape index (κ3) is 3.94. The van der Waals surface area contributed by atoms with Gasteiger partial charge in [-0.25, -0.2) is 9.37 Å². The van der Waals surface area contributed by atoms with Crippen molar-refractivity contribution in [1.29, 1.82) is 0 Å². The number of benzene rings is 2. The molecule has 0 unspecified atom stereocenters. The summed E-state index contributed by atoms with van der Waals surface area (Å²) in [5.74, 6) is 0.589. The SMILES string of the molecule is Cc1nc2ccc(CC(=O)NCCc3ccc(F)cc3)cc2[nH]1. The van der Waals surface area contributed by atoms with Crippen LogP contribution in [0.1, 0.15) is 17.0 Å². The zero-order chi connectivity index (χ0) is 16.2. The van der Waals surface area contributed by atoms with Gasteiger partial charge in [0.1, 0.15) is 11.6 Å². The van der Waals surface area contributed by atoms with Gasteiger partial charge in [-0.2, -0.15) is 0 Å². The van der Waals surface area contributed by atoms with Crippen LogP contribution in [0.25, 0.3) is 11.0 Å². The van der Waals surface area contributed by atoms with Gasteiger partial charge in [0.15, 0.2) is 0 Å². The summed E-state index contributed by atoms with van der Waals surface area (Å²) in [7, 11) is 0. The predicted octanol–water partition coefficient (Wildman–Crippen LogP) is 2.91. The van der Waals surface area contributed by atoms with E-state index in [0.29, 0.717) is 19.4 Å². The van der Waals surface area contributed by atoms with Crippen LogP contribution in [0.3, 0.4) is 0 Å². The number of nitrogens with zero attached hydrogens (tertiary/aromatic N) is 1. The molecule has 3 rings (SSSR count). The summed E-state index contributed by atoms with van der Waals surface area (Å²) in [4.78, 5) is 19.5. The minimum absolute atomic E-state index is 0.0253. The van der Waals surface area contributed by atoms with Gasteiger partial charge in [-0.1, -0.05) is 18.2 Å². The van der Waals surface area contributed by atoms with Crippen LogP contribution in [-0.4, -0.2) is 22.4 Å². The third-order valence-corrected chi connectivity index (χ3v) is 3.68. The number of hydrogen-bond donors (Lipinski definition) is 2. The van der Waals surface area contributed by atoms with Gasteiger partial charge in [0.25, 0.3) is 0 Å². The molecule has 0 bridgehead atoms. The summed E-state index contributed by atoms with van der Waals surface area (Å²) >= 11 is 0. The maximum absolute atomic E-state index is 12.8. The fourth-order valence-electron chi connectivity index (χ4n) is 2.54. The van der Waals surface area contributed by atoms with Gasteiger partial charge in [-0.3, -0.25) is 4.79 Å². The molecule has 118 valence electrons. The Kier molecular flexibility index (Phi) is 4.37. The summed E-state index contributed by atoms with van der Waals surface area (Å²) in [6.45, 7) is 2.44. The molecule has 0 spiro atoms. The molecule has 5 heteroatoms. The van der Waals surface area contributed by atoms with E-state index in [1.165, 1.54) is 12.1 Å². The largest absolute Gasteiger partial charge is 0.355 e. The van der Waals surface area contributed by atoms with Gasteiger partial charge in [0, 0.05) is 6.54 Å².